The third-order valence-corrected chi connectivity index (χ3v) is 2.22. The van der Waals surface area contributed by atoms with Crippen LogP contribution in [0.4, 0.5) is 4.79 Å². The van der Waals surface area contributed by atoms with Crippen molar-refractivity contribution in [2.75, 3.05) is 13.3 Å². The number of ether oxygens (including phenoxy) is 1. The maximum absolute atomic E-state index is 11.2. The minimum atomic E-state index is -0.265. The first kappa shape index (κ1) is 13.1. The minimum Gasteiger partial charge on any atom is -0.473 e. The average Bonchev–Trinajstić information content (AvgIpc) is 2.37. The van der Waals surface area contributed by atoms with Gasteiger partial charge in [-0.25, -0.2) is 4.79 Å². The van der Waals surface area contributed by atoms with Gasteiger partial charge in [0.25, 0.3) is 0 Å². The van der Waals surface area contributed by atoms with E-state index in [0.717, 1.165) is 17.7 Å². The fourth-order valence-electron chi connectivity index (χ4n) is 1.34. The molecule has 0 aliphatic heterocycles. The molecule has 0 saturated heterocycles. The summed E-state index contributed by atoms with van der Waals surface area (Å²) in [7, 11) is 0. The number of hydrogen-bond acceptors (Lipinski definition) is 2. The van der Waals surface area contributed by atoms with Crippen molar-refractivity contribution in [3.05, 3.63) is 42.5 Å². The summed E-state index contributed by atoms with van der Waals surface area (Å²) >= 11 is 0. The highest BCUT2D eigenvalue weighted by Crippen LogP contribution is 2.17. The van der Waals surface area contributed by atoms with Gasteiger partial charge in [-0.1, -0.05) is 31.2 Å². The molecule has 0 radical (unpaired) electrons. The summed E-state index contributed by atoms with van der Waals surface area (Å²) in [5.41, 5.74) is 1.13. The minimum absolute atomic E-state index is 0.153. The molecule has 1 aromatic rings. The lowest BCUT2D eigenvalue weighted by Gasteiger charge is -2.11. The lowest BCUT2D eigenvalue weighted by atomic mass is 10.1. The van der Waals surface area contributed by atoms with Gasteiger partial charge in [0.05, 0.1) is 0 Å². The standard InChI is InChI=1S/C13H18N2O2/c1-3-9-14-13(16)15-10-17-12-8-6-5-7-11(12)4-2/h3,5-8H,1,4,9-10H2,2H3,(H2,14,15,16). The number of urea groups is 1. The predicted molar refractivity (Wildman–Crippen MR) is 68.0 cm³/mol. The summed E-state index contributed by atoms with van der Waals surface area (Å²) in [5, 5.41) is 5.20. The molecule has 1 rings (SSSR count). The average molecular weight is 234 g/mol. The summed E-state index contributed by atoms with van der Waals surface area (Å²) in [6.07, 6.45) is 2.52. The first-order valence-electron chi connectivity index (χ1n) is 5.61. The van der Waals surface area contributed by atoms with Crippen LogP contribution in [0.1, 0.15) is 12.5 Å². The molecular weight excluding hydrogens is 216 g/mol. The van der Waals surface area contributed by atoms with Gasteiger partial charge >= 0.3 is 6.03 Å². The van der Waals surface area contributed by atoms with Gasteiger partial charge in [0.15, 0.2) is 6.73 Å². The van der Waals surface area contributed by atoms with E-state index in [4.69, 9.17) is 4.74 Å². The van der Waals surface area contributed by atoms with E-state index in [1.807, 2.05) is 24.3 Å². The number of para-hydroxylation sites is 1. The highest BCUT2D eigenvalue weighted by Gasteiger charge is 2.01. The van der Waals surface area contributed by atoms with Gasteiger partial charge in [-0.2, -0.15) is 0 Å². The van der Waals surface area contributed by atoms with Crippen LogP contribution in [0.2, 0.25) is 0 Å². The summed E-state index contributed by atoms with van der Waals surface area (Å²) in [6.45, 7) is 6.17. The summed E-state index contributed by atoms with van der Waals surface area (Å²) < 4.78 is 5.48. The van der Waals surface area contributed by atoms with E-state index in [2.05, 4.69) is 24.1 Å². The summed E-state index contributed by atoms with van der Waals surface area (Å²) in [5.74, 6) is 0.805. The second-order valence-electron chi connectivity index (χ2n) is 3.43. The van der Waals surface area contributed by atoms with Crippen LogP contribution < -0.4 is 15.4 Å². The van der Waals surface area contributed by atoms with Gasteiger partial charge in [0, 0.05) is 6.54 Å². The summed E-state index contributed by atoms with van der Waals surface area (Å²) in [6, 6.07) is 7.51. The first-order chi connectivity index (χ1) is 8.27. The van der Waals surface area contributed by atoms with Crippen molar-refractivity contribution in [3.63, 3.8) is 0 Å². The Hall–Kier alpha value is -1.97. The number of rotatable bonds is 6. The van der Waals surface area contributed by atoms with Crippen molar-refractivity contribution in [1.29, 1.82) is 0 Å². The number of aryl methyl sites for hydroxylation is 1. The van der Waals surface area contributed by atoms with Crippen molar-refractivity contribution in [3.8, 4) is 5.75 Å². The molecule has 1 aromatic carbocycles. The van der Waals surface area contributed by atoms with E-state index in [1.165, 1.54) is 0 Å². The van der Waals surface area contributed by atoms with Crippen molar-refractivity contribution in [2.24, 2.45) is 0 Å². The summed E-state index contributed by atoms with van der Waals surface area (Å²) in [4.78, 5) is 11.2. The molecule has 0 aliphatic carbocycles. The Kier molecular flexibility index (Phi) is 5.64. The van der Waals surface area contributed by atoms with Crippen LogP contribution in [0.5, 0.6) is 5.75 Å². The Bertz CT molecular complexity index is 377. The molecule has 2 N–H and O–H groups in total. The van der Waals surface area contributed by atoms with Crippen LogP contribution in [-0.2, 0) is 6.42 Å². The molecular formula is C13H18N2O2. The van der Waals surface area contributed by atoms with Crippen LogP contribution in [0.3, 0.4) is 0 Å². The van der Waals surface area contributed by atoms with E-state index >= 15 is 0 Å². The Morgan fingerprint density at radius 2 is 2.18 bits per heavy atom. The Morgan fingerprint density at radius 3 is 2.88 bits per heavy atom. The zero-order valence-electron chi connectivity index (χ0n) is 10.0. The molecule has 0 unspecified atom stereocenters. The lowest BCUT2D eigenvalue weighted by molar-refractivity contribution is 0.224. The second-order valence-corrected chi connectivity index (χ2v) is 3.43. The number of carbonyl (C=O) groups is 1. The van der Waals surface area contributed by atoms with Crippen molar-refractivity contribution < 1.29 is 9.53 Å². The van der Waals surface area contributed by atoms with Gasteiger partial charge in [-0.15, -0.1) is 6.58 Å². The van der Waals surface area contributed by atoms with Gasteiger partial charge < -0.3 is 15.4 Å². The SMILES string of the molecule is C=CCNC(=O)NCOc1ccccc1CC. The predicted octanol–water partition coefficient (Wildman–Crippen LogP) is 2.07. The van der Waals surface area contributed by atoms with Gasteiger partial charge in [0.2, 0.25) is 0 Å². The third kappa shape index (κ3) is 4.59. The maximum Gasteiger partial charge on any atom is 0.317 e. The third-order valence-electron chi connectivity index (χ3n) is 2.22. The molecule has 4 nitrogen and oxygen atoms in total. The molecule has 0 saturated carbocycles. The normalized spacial score (nSPS) is 9.47. The van der Waals surface area contributed by atoms with Crippen molar-refractivity contribution in [1.82, 2.24) is 10.6 Å². The van der Waals surface area contributed by atoms with Crippen molar-refractivity contribution >= 4 is 6.03 Å². The number of hydrogen-bond donors (Lipinski definition) is 2. The van der Waals surface area contributed by atoms with E-state index in [0.29, 0.717) is 6.54 Å². The molecule has 0 heterocycles. The van der Waals surface area contributed by atoms with Crippen LogP contribution in [0.15, 0.2) is 36.9 Å². The maximum atomic E-state index is 11.2. The largest absolute Gasteiger partial charge is 0.473 e. The second kappa shape index (κ2) is 7.33. The fraction of sp³-hybridized carbons (Fsp3) is 0.308. The Morgan fingerprint density at radius 1 is 1.41 bits per heavy atom. The fourth-order valence-corrected chi connectivity index (χ4v) is 1.34. The molecule has 0 fully saturated rings. The lowest BCUT2D eigenvalue weighted by Crippen LogP contribution is -2.37. The van der Waals surface area contributed by atoms with Gasteiger partial charge in [-0.05, 0) is 18.1 Å². The zero-order chi connectivity index (χ0) is 12.5. The van der Waals surface area contributed by atoms with Gasteiger partial charge in [-0.3, -0.25) is 0 Å². The Labute approximate surface area is 102 Å². The highest BCUT2D eigenvalue weighted by molar-refractivity contribution is 5.73. The van der Waals surface area contributed by atoms with E-state index in [9.17, 15) is 4.79 Å². The number of benzene rings is 1. The van der Waals surface area contributed by atoms with E-state index in [1.54, 1.807) is 6.08 Å². The molecule has 0 bridgehead atoms. The molecule has 0 atom stereocenters. The van der Waals surface area contributed by atoms with E-state index in [-0.39, 0.29) is 12.8 Å². The number of nitrogens with one attached hydrogen (secondary N) is 2. The van der Waals surface area contributed by atoms with Crippen LogP contribution >= 0.6 is 0 Å². The molecule has 0 aromatic heterocycles. The number of carbonyl (C=O) groups excluding carboxylic acids is 1. The molecule has 17 heavy (non-hydrogen) atoms. The van der Waals surface area contributed by atoms with Gasteiger partial charge in [0.1, 0.15) is 5.75 Å². The first-order valence-corrected chi connectivity index (χ1v) is 5.61. The molecule has 0 spiro atoms. The highest BCUT2D eigenvalue weighted by atomic mass is 16.5. The van der Waals surface area contributed by atoms with E-state index < -0.39 is 0 Å². The zero-order valence-corrected chi connectivity index (χ0v) is 10.0. The number of amides is 2. The molecule has 4 heteroatoms. The van der Waals surface area contributed by atoms with Crippen molar-refractivity contribution in [2.45, 2.75) is 13.3 Å². The van der Waals surface area contributed by atoms with Crippen LogP contribution in [-0.4, -0.2) is 19.3 Å². The van der Waals surface area contributed by atoms with Crippen LogP contribution in [0, 0.1) is 0 Å². The molecule has 2 amide bonds. The molecule has 0 aliphatic rings. The Balaban J connectivity index is 2.35. The quantitative estimate of drug-likeness (QED) is 0.585. The smallest absolute Gasteiger partial charge is 0.317 e. The van der Waals surface area contributed by atoms with Crippen LogP contribution in [0.25, 0.3) is 0 Å². The topological polar surface area (TPSA) is 50.4 Å². The monoisotopic (exact) mass is 234 g/mol. The molecule has 92 valence electrons.